The molecule has 17 heavy (non-hydrogen) atoms. The minimum atomic E-state index is 0.708. The molecule has 0 N–H and O–H groups in total. The van der Waals surface area contributed by atoms with Crippen LogP contribution in [0.2, 0.25) is 0 Å². The maximum Gasteiger partial charge on any atom is 0.0991 e. The highest BCUT2D eigenvalue weighted by molar-refractivity contribution is 7.99. The summed E-state index contributed by atoms with van der Waals surface area (Å²) in [6, 6.07) is 16.3. The summed E-state index contributed by atoms with van der Waals surface area (Å²) in [5.41, 5.74) is 3.05. The van der Waals surface area contributed by atoms with Crippen molar-refractivity contribution >= 4 is 23.9 Å². The van der Waals surface area contributed by atoms with Gasteiger partial charge in [0.25, 0.3) is 0 Å². The zero-order valence-corrected chi connectivity index (χ0v) is 9.87. The van der Waals surface area contributed by atoms with Gasteiger partial charge in [-0.1, -0.05) is 42.1 Å². The molecule has 2 aromatic carbocycles. The monoisotopic (exact) mass is 235 g/mol. The minimum absolute atomic E-state index is 0.708. The van der Waals surface area contributed by atoms with Gasteiger partial charge in [-0.05, 0) is 35.4 Å². The topological polar surface area (TPSA) is 23.8 Å². The average molecular weight is 235 g/mol. The van der Waals surface area contributed by atoms with Crippen molar-refractivity contribution in [1.29, 1.82) is 5.26 Å². The average Bonchev–Trinajstić information content (AvgIpc) is 2.57. The highest BCUT2D eigenvalue weighted by Gasteiger charge is 2.09. The molecule has 1 aliphatic heterocycles. The molecule has 2 heteroatoms. The number of nitriles is 1. The van der Waals surface area contributed by atoms with Crippen LogP contribution in [-0.2, 0) is 0 Å². The quantitative estimate of drug-likeness (QED) is 0.583. The number of hydrogen-bond donors (Lipinski definition) is 0. The predicted octanol–water partition coefficient (Wildman–Crippen LogP) is 4.19. The zero-order valence-electron chi connectivity index (χ0n) is 9.05. The van der Waals surface area contributed by atoms with Crippen LogP contribution in [0.4, 0.5) is 0 Å². The first-order valence-electron chi connectivity index (χ1n) is 5.36. The van der Waals surface area contributed by atoms with Crippen molar-refractivity contribution in [1.82, 2.24) is 0 Å². The van der Waals surface area contributed by atoms with Crippen LogP contribution in [0.5, 0.6) is 0 Å². The van der Waals surface area contributed by atoms with Crippen LogP contribution >= 0.6 is 11.8 Å². The molecule has 0 amide bonds. The fourth-order valence-electron chi connectivity index (χ4n) is 1.85. The van der Waals surface area contributed by atoms with Crippen molar-refractivity contribution in [2.45, 2.75) is 9.79 Å². The molecule has 1 heterocycles. The zero-order chi connectivity index (χ0) is 11.7. The second kappa shape index (κ2) is 4.12. The summed E-state index contributed by atoms with van der Waals surface area (Å²) in [6.07, 6.45) is 4.18. The van der Waals surface area contributed by atoms with E-state index in [0.29, 0.717) is 5.56 Å². The fraction of sp³-hybridized carbons (Fsp3) is 0. The molecule has 0 spiro atoms. The van der Waals surface area contributed by atoms with Crippen LogP contribution in [0.25, 0.3) is 12.2 Å². The van der Waals surface area contributed by atoms with Gasteiger partial charge in [0.15, 0.2) is 0 Å². The first-order chi connectivity index (χ1) is 8.36. The first-order valence-corrected chi connectivity index (χ1v) is 6.17. The van der Waals surface area contributed by atoms with E-state index in [4.69, 9.17) is 5.26 Å². The summed E-state index contributed by atoms with van der Waals surface area (Å²) in [7, 11) is 0. The van der Waals surface area contributed by atoms with E-state index in [-0.39, 0.29) is 0 Å². The summed E-state index contributed by atoms with van der Waals surface area (Å²) < 4.78 is 0. The number of benzene rings is 2. The standard InChI is InChI=1S/C15H9NS/c16-10-11-5-8-15-13(9-11)7-6-12-3-1-2-4-14(12)17-15/h1-9H. The van der Waals surface area contributed by atoms with Gasteiger partial charge in [-0.25, -0.2) is 0 Å². The van der Waals surface area contributed by atoms with Crippen LogP contribution in [0.15, 0.2) is 52.3 Å². The Labute approximate surface area is 104 Å². The van der Waals surface area contributed by atoms with Crippen molar-refractivity contribution < 1.29 is 0 Å². The molecule has 1 aliphatic rings. The summed E-state index contributed by atoms with van der Waals surface area (Å²) in [6.45, 7) is 0. The number of hydrogen-bond acceptors (Lipinski definition) is 2. The van der Waals surface area contributed by atoms with Crippen LogP contribution in [-0.4, -0.2) is 0 Å². The molecular weight excluding hydrogens is 226 g/mol. The highest BCUT2D eigenvalue weighted by atomic mass is 32.2. The molecule has 0 saturated carbocycles. The molecular formula is C15H9NS. The molecule has 0 atom stereocenters. The summed E-state index contributed by atoms with van der Waals surface area (Å²) >= 11 is 1.75. The van der Waals surface area contributed by atoms with Gasteiger partial charge in [0.05, 0.1) is 11.6 Å². The summed E-state index contributed by atoms with van der Waals surface area (Å²) in [5, 5.41) is 8.90. The van der Waals surface area contributed by atoms with E-state index in [0.717, 1.165) is 5.56 Å². The third kappa shape index (κ3) is 1.86. The lowest BCUT2D eigenvalue weighted by Gasteiger charge is -2.05. The third-order valence-corrected chi connectivity index (χ3v) is 3.90. The van der Waals surface area contributed by atoms with Gasteiger partial charge in [0.2, 0.25) is 0 Å². The van der Waals surface area contributed by atoms with Crippen molar-refractivity contribution in [2.24, 2.45) is 0 Å². The number of fused-ring (bicyclic) bond motifs is 2. The molecule has 2 aromatic rings. The molecule has 3 rings (SSSR count). The van der Waals surface area contributed by atoms with Crippen molar-refractivity contribution in [2.75, 3.05) is 0 Å². The van der Waals surface area contributed by atoms with E-state index in [2.05, 4.69) is 30.4 Å². The first kappa shape index (κ1) is 10.2. The van der Waals surface area contributed by atoms with Gasteiger partial charge in [-0.2, -0.15) is 5.26 Å². The normalized spacial score (nSPS) is 12.2. The van der Waals surface area contributed by atoms with E-state index >= 15 is 0 Å². The van der Waals surface area contributed by atoms with E-state index in [1.54, 1.807) is 11.8 Å². The Hall–Kier alpha value is -1.98. The Bertz CT molecular complexity index is 650. The lowest BCUT2D eigenvalue weighted by atomic mass is 10.1. The maximum atomic E-state index is 8.90. The summed E-state index contributed by atoms with van der Waals surface area (Å²) in [4.78, 5) is 2.46. The van der Waals surface area contributed by atoms with Gasteiger partial charge in [-0.3, -0.25) is 0 Å². The number of rotatable bonds is 0. The lowest BCUT2D eigenvalue weighted by molar-refractivity contribution is 1.37. The van der Waals surface area contributed by atoms with Gasteiger partial charge < -0.3 is 0 Å². The number of nitrogens with zero attached hydrogens (tertiary/aromatic N) is 1. The van der Waals surface area contributed by atoms with Crippen LogP contribution < -0.4 is 0 Å². The molecule has 0 saturated heterocycles. The Balaban J connectivity index is 2.15. The van der Waals surface area contributed by atoms with E-state index < -0.39 is 0 Å². The Morgan fingerprint density at radius 2 is 1.65 bits per heavy atom. The van der Waals surface area contributed by atoms with Gasteiger partial charge in [-0.15, -0.1) is 0 Å². The predicted molar refractivity (Wildman–Crippen MR) is 70.7 cm³/mol. The lowest BCUT2D eigenvalue weighted by Crippen LogP contribution is -1.81. The molecule has 0 radical (unpaired) electrons. The van der Waals surface area contributed by atoms with Gasteiger partial charge in [0, 0.05) is 9.79 Å². The molecule has 1 nitrogen and oxygen atoms in total. The molecule has 0 unspecified atom stereocenters. The second-order valence-corrected chi connectivity index (χ2v) is 4.92. The molecule has 0 fully saturated rings. The Morgan fingerprint density at radius 1 is 0.882 bits per heavy atom. The smallest absolute Gasteiger partial charge is 0.0991 e. The Morgan fingerprint density at radius 3 is 2.53 bits per heavy atom. The third-order valence-electron chi connectivity index (χ3n) is 2.72. The molecule has 0 bridgehead atoms. The van der Waals surface area contributed by atoms with Crippen LogP contribution in [0.3, 0.4) is 0 Å². The molecule has 80 valence electrons. The van der Waals surface area contributed by atoms with Gasteiger partial charge >= 0.3 is 0 Å². The van der Waals surface area contributed by atoms with Crippen molar-refractivity contribution in [3.8, 4) is 6.07 Å². The van der Waals surface area contributed by atoms with Crippen molar-refractivity contribution in [3.05, 3.63) is 59.2 Å². The highest BCUT2D eigenvalue weighted by Crippen LogP contribution is 2.37. The van der Waals surface area contributed by atoms with E-state index in [1.165, 1.54) is 15.4 Å². The largest absolute Gasteiger partial charge is 0.192 e. The molecule has 0 aliphatic carbocycles. The Kier molecular flexibility index (Phi) is 2.47. The maximum absolute atomic E-state index is 8.90. The fourth-order valence-corrected chi connectivity index (χ4v) is 2.87. The summed E-state index contributed by atoms with van der Waals surface area (Å²) in [5.74, 6) is 0. The van der Waals surface area contributed by atoms with E-state index in [9.17, 15) is 0 Å². The molecule has 0 aromatic heterocycles. The second-order valence-electron chi connectivity index (χ2n) is 3.84. The van der Waals surface area contributed by atoms with Crippen molar-refractivity contribution in [3.63, 3.8) is 0 Å². The SMILES string of the molecule is N#Cc1ccc2c(c1)C=Cc1ccccc1S2. The van der Waals surface area contributed by atoms with E-state index in [1.807, 2.05) is 30.3 Å². The van der Waals surface area contributed by atoms with Gasteiger partial charge in [0.1, 0.15) is 0 Å². The van der Waals surface area contributed by atoms with Crippen LogP contribution in [0.1, 0.15) is 16.7 Å². The minimum Gasteiger partial charge on any atom is -0.192 e. The van der Waals surface area contributed by atoms with Crippen LogP contribution in [0, 0.1) is 11.3 Å².